The Labute approximate surface area is 340 Å². The van der Waals surface area contributed by atoms with Crippen LogP contribution in [-0.4, -0.2) is 151 Å². The average molecular weight is 853 g/mol. The summed E-state index contributed by atoms with van der Waals surface area (Å²) in [6.07, 6.45) is -15.5. The molecule has 3 aliphatic carbocycles. The maximum Gasteiger partial charge on any atom is 0.435 e. The topological polar surface area (TPSA) is 92.8 Å². The molecule has 0 bridgehead atoms. The van der Waals surface area contributed by atoms with Gasteiger partial charge in [-0.15, -0.1) is 0 Å². The smallest absolute Gasteiger partial charge is 0.435 e. The Morgan fingerprint density at radius 3 is 2.34 bits per heavy atom. The van der Waals surface area contributed by atoms with Gasteiger partial charge in [-0.2, -0.15) is 39.5 Å². The molecule has 3 fully saturated rings. The van der Waals surface area contributed by atoms with E-state index < -0.39 is 43.3 Å². The van der Waals surface area contributed by atoms with Crippen LogP contribution in [-0.2, 0) is 25.3 Å². The van der Waals surface area contributed by atoms with E-state index in [2.05, 4.69) is 34.0 Å². The van der Waals surface area contributed by atoms with Gasteiger partial charge in [0.2, 0.25) is 13.3 Å². The zero-order chi connectivity index (χ0) is 43.6. The van der Waals surface area contributed by atoms with Crippen LogP contribution in [0, 0.1) is 17.3 Å². The van der Waals surface area contributed by atoms with Gasteiger partial charge in [0, 0.05) is 45.4 Å². The Bertz CT molecular complexity index is 1570. The molecule has 0 spiro atoms. The molecule has 5 unspecified atom stereocenters. The number of nitrogens with zero attached hydrogens (tertiary/aromatic N) is 3. The minimum atomic E-state index is -6.79. The number of hydrogen-bond acceptors (Lipinski definition) is 8. The number of halogens is 9. The first-order valence-corrected chi connectivity index (χ1v) is 19.9. The summed E-state index contributed by atoms with van der Waals surface area (Å²) in [5.41, 5.74) is -3.99. The Kier molecular flexibility index (Phi) is 14.9. The standard InChI is InChI=1S/C38H52B2F9N4O6/c1-34-13-12-28-27-9-7-25(56-16-17-57-33(55)50-20-24-19-26(59-40-39)21-52(24)3)18-23(27)6-8-29(28)30(34)10-11-31(34)53(4)32(54)22-51(2)14-5-15-58-35(36(41,42)43,37(44,45)46)38(47,48)49/h7,9,18,24,26,28-31H,5-6,8,10-17,19-22H2,1-4H3,(H,50,55)/t24?,26?,28?,29?,30?,31-,34-/m0/s1. The van der Waals surface area contributed by atoms with Crippen LogP contribution in [0.3, 0.4) is 0 Å². The van der Waals surface area contributed by atoms with E-state index >= 15 is 0 Å². The molecule has 1 aromatic rings. The summed E-state index contributed by atoms with van der Waals surface area (Å²) in [5.74, 6) is 1.46. The maximum atomic E-state index is 13.4. The summed E-state index contributed by atoms with van der Waals surface area (Å²) < 4.78 is 139. The number of alkyl carbamates (subject to hydrolysis) is 1. The summed E-state index contributed by atoms with van der Waals surface area (Å²) in [7, 11) is 11.6. The molecule has 1 heterocycles. The molecule has 5 rings (SSSR count). The average Bonchev–Trinajstić information content (AvgIpc) is 3.68. The number of aryl methyl sites for hydroxylation is 1. The number of likely N-dealkylation sites (N-methyl/N-ethyl adjacent to an activating group) is 3. The third-order valence-electron chi connectivity index (χ3n) is 13.1. The van der Waals surface area contributed by atoms with Crippen molar-refractivity contribution in [2.24, 2.45) is 17.3 Å². The fraction of sp³-hybridized carbons (Fsp3) is 0.789. The number of hydrogen-bond donors (Lipinski definition) is 1. The molecule has 1 aliphatic heterocycles. The van der Waals surface area contributed by atoms with Crippen molar-refractivity contribution < 1.29 is 68.0 Å². The van der Waals surface area contributed by atoms with Gasteiger partial charge in [0.15, 0.2) is 0 Å². The van der Waals surface area contributed by atoms with E-state index in [1.54, 1.807) is 11.9 Å². The fourth-order valence-electron chi connectivity index (χ4n) is 10.2. The number of nitrogens with one attached hydrogen (secondary N) is 1. The largest absolute Gasteiger partial charge is 0.490 e. The van der Waals surface area contributed by atoms with Gasteiger partial charge >= 0.3 is 30.2 Å². The third-order valence-corrected chi connectivity index (χ3v) is 13.1. The number of benzene rings is 1. The van der Waals surface area contributed by atoms with Crippen molar-refractivity contribution in [2.75, 3.05) is 67.1 Å². The highest BCUT2D eigenvalue weighted by atomic mass is 19.4. The monoisotopic (exact) mass is 853 g/mol. The van der Waals surface area contributed by atoms with E-state index in [1.165, 1.54) is 30.4 Å². The molecule has 4 aliphatic rings. The van der Waals surface area contributed by atoms with Crippen LogP contribution in [0.1, 0.15) is 68.9 Å². The number of alkyl halides is 9. The molecule has 1 saturated heterocycles. The molecule has 21 heteroatoms. The summed E-state index contributed by atoms with van der Waals surface area (Å²) in [4.78, 5) is 30.8. The highest BCUT2D eigenvalue weighted by Gasteiger charge is 2.85. The lowest BCUT2D eigenvalue weighted by Crippen LogP contribution is -2.67. The summed E-state index contributed by atoms with van der Waals surface area (Å²) in [5, 5.41) is 2.79. The molecule has 7 atom stereocenters. The summed E-state index contributed by atoms with van der Waals surface area (Å²) in [6, 6.07) is 6.12. The van der Waals surface area contributed by atoms with Gasteiger partial charge in [-0.1, -0.05) is 13.0 Å². The molecule has 2 amide bonds. The Morgan fingerprint density at radius 1 is 0.983 bits per heavy atom. The van der Waals surface area contributed by atoms with Crippen molar-refractivity contribution >= 4 is 27.1 Å². The molecule has 0 aromatic heterocycles. The number of likely N-dealkylation sites (tertiary alicyclic amines) is 1. The summed E-state index contributed by atoms with van der Waals surface area (Å²) in [6.45, 7) is 1.61. The second kappa shape index (κ2) is 18.6. The van der Waals surface area contributed by atoms with Crippen LogP contribution in [0.15, 0.2) is 18.2 Å². The van der Waals surface area contributed by atoms with E-state index in [0.29, 0.717) is 36.6 Å². The molecule has 1 aromatic carbocycles. The van der Waals surface area contributed by atoms with E-state index in [-0.39, 0.29) is 55.8 Å². The van der Waals surface area contributed by atoms with Gasteiger partial charge in [-0.05, 0) is 112 Å². The van der Waals surface area contributed by atoms with Gasteiger partial charge in [0.25, 0.3) is 0 Å². The van der Waals surface area contributed by atoms with Crippen molar-refractivity contribution in [3.63, 3.8) is 0 Å². The number of carbonyl (C=O) groups is 2. The Morgan fingerprint density at radius 2 is 1.68 bits per heavy atom. The van der Waals surface area contributed by atoms with Crippen molar-refractivity contribution in [1.29, 1.82) is 0 Å². The van der Waals surface area contributed by atoms with E-state index in [1.807, 2.05) is 13.1 Å². The van der Waals surface area contributed by atoms with Gasteiger partial charge in [0.1, 0.15) is 19.0 Å². The van der Waals surface area contributed by atoms with Gasteiger partial charge < -0.3 is 29.1 Å². The highest BCUT2D eigenvalue weighted by molar-refractivity contribution is 6.85. The highest BCUT2D eigenvalue weighted by Crippen LogP contribution is 2.62. The lowest BCUT2D eigenvalue weighted by Gasteiger charge is -2.52. The van der Waals surface area contributed by atoms with Crippen LogP contribution in [0.5, 0.6) is 5.75 Å². The van der Waals surface area contributed by atoms with Gasteiger partial charge in [-0.3, -0.25) is 14.6 Å². The normalized spacial score (nSPS) is 27.5. The minimum absolute atomic E-state index is 0.0141. The van der Waals surface area contributed by atoms with Crippen LogP contribution in [0.25, 0.3) is 0 Å². The molecule has 10 nitrogen and oxygen atoms in total. The lowest BCUT2D eigenvalue weighted by molar-refractivity contribution is -0.457. The van der Waals surface area contributed by atoms with Gasteiger partial charge in [0.05, 0.1) is 20.4 Å². The van der Waals surface area contributed by atoms with E-state index in [9.17, 15) is 49.1 Å². The lowest BCUT2D eigenvalue weighted by atomic mass is 9.55. The van der Waals surface area contributed by atoms with Crippen molar-refractivity contribution in [3.05, 3.63) is 29.3 Å². The minimum Gasteiger partial charge on any atom is -0.490 e. The van der Waals surface area contributed by atoms with Crippen molar-refractivity contribution in [3.8, 4) is 5.75 Å². The quantitative estimate of drug-likeness (QED) is 0.123. The zero-order valence-corrected chi connectivity index (χ0v) is 33.7. The predicted molar refractivity (Wildman–Crippen MR) is 199 cm³/mol. The molecule has 329 valence electrons. The first kappa shape index (κ1) is 47.2. The van der Waals surface area contributed by atoms with E-state index in [4.69, 9.17) is 21.9 Å². The molecule has 1 N–H and O–H groups in total. The molecular formula is C38H52B2F9N4O6. The van der Waals surface area contributed by atoms with Crippen LogP contribution in [0.4, 0.5) is 44.3 Å². The number of carbonyl (C=O) groups excluding carboxylic acids is 2. The fourth-order valence-corrected chi connectivity index (χ4v) is 10.2. The first-order valence-electron chi connectivity index (χ1n) is 19.9. The summed E-state index contributed by atoms with van der Waals surface area (Å²) >= 11 is 0. The molecule has 3 radical (unpaired) electrons. The SMILES string of the molecule is [B][B]OC1CC(CNC(=O)OCCOc2ccc3c(c2)CCC2C3CC[C@@]3(C)C2CC[C@@H]3N(C)C(=O)CN(C)CCCOC(C(F)(F)F)(C(F)(F)F)C(F)(F)F)N(C)C1. The van der Waals surface area contributed by atoms with Crippen LogP contribution < -0.4 is 10.1 Å². The predicted octanol–water partition coefficient (Wildman–Crippen LogP) is 6.03. The van der Waals surface area contributed by atoms with Gasteiger partial charge in [-0.25, -0.2) is 4.79 Å². The number of amides is 2. The number of ether oxygens (including phenoxy) is 3. The second-order valence-electron chi connectivity index (χ2n) is 16.6. The maximum absolute atomic E-state index is 13.4. The molecular weight excluding hydrogens is 801 g/mol. The van der Waals surface area contributed by atoms with Crippen LogP contribution in [0.2, 0.25) is 0 Å². The second-order valence-corrected chi connectivity index (χ2v) is 16.6. The Balaban J connectivity index is 1.07. The van der Waals surface area contributed by atoms with Crippen LogP contribution >= 0.6 is 0 Å². The Hall–Kier alpha value is -2.90. The third kappa shape index (κ3) is 10.1. The number of fused-ring (bicyclic) bond motifs is 5. The van der Waals surface area contributed by atoms with E-state index in [0.717, 1.165) is 44.9 Å². The molecule has 59 heavy (non-hydrogen) atoms. The number of rotatable bonds is 16. The first-order chi connectivity index (χ1) is 27.5. The zero-order valence-electron chi connectivity index (χ0n) is 33.7. The van der Waals surface area contributed by atoms with Crippen molar-refractivity contribution in [2.45, 2.75) is 107 Å². The molecule has 2 saturated carbocycles. The van der Waals surface area contributed by atoms with Crippen molar-refractivity contribution in [1.82, 2.24) is 20.0 Å².